The lowest BCUT2D eigenvalue weighted by molar-refractivity contribution is -0.141. The fraction of sp³-hybridized carbons (Fsp3) is 0.821. The van der Waals surface area contributed by atoms with Crippen LogP contribution < -0.4 is 21.7 Å². The van der Waals surface area contributed by atoms with Gasteiger partial charge in [-0.15, -0.1) is 0 Å². The van der Waals surface area contributed by atoms with Gasteiger partial charge >= 0.3 is 6.09 Å². The smallest absolute Gasteiger partial charge is 0.408 e. The van der Waals surface area contributed by atoms with Gasteiger partial charge in [-0.1, -0.05) is 41.5 Å². The van der Waals surface area contributed by atoms with E-state index in [1.165, 1.54) is 4.90 Å². The summed E-state index contributed by atoms with van der Waals surface area (Å²) in [4.78, 5) is 66.0. The summed E-state index contributed by atoms with van der Waals surface area (Å²) in [6.45, 7) is 17.2. The molecule has 1 aliphatic heterocycles. The largest absolute Gasteiger partial charge is 0.444 e. The molecule has 0 saturated carbocycles. The zero-order chi connectivity index (χ0) is 30.1. The maximum absolute atomic E-state index is 13.5. The highest BCUT2D eigenvalue weighted by atomic mass is 16.6. The molecule has 0 radical (unpaired) electrons. The van der Waals surface area contributed by atoms with E-state index in [-0.39, 0.29) is 23.7 Å². The van der Waals surface area contributed by atoms with Crippen LogP contribution in [0.4, 0.5) is 4.79 Å². The van der Waals surface area contributed by atoms with Crippen molar-refractivity contribution in [2.45, 2.75) is 124 Å². The Morgan fingerprint density at radius 3 is 1.67 bits per heavy atom. The topological polar surface area (TPSA) is 160 Å². The van der Waals surface area contributed by atoms with Gasteiger partial charge in [-0.25, -0.2) is 4.79 Å². The van der Waals surface area contributed by atoms with Crippen molar-refractivity contribution in [3.8, 4) is 0 Å². The zero-order valence-electron chi connectivity index (χ0n) is 25.3. The fourth-order valence-corrected chi connectivity index (χ4v) is 4.62. The van der Waals surface area contributed by atoms with E-state index in [1.54, 1.807) is 20.8 Å². The maximum Gasteiger partial charge on any atom is 0.408 e. The van der Waals surface area contributed by atoms with E-state index >= 15 is 0 Å². The molecule has 0 bridgehead atoms. The number of primary amides is 1. The van der Waals surface area contributed by atoms with Crippen LogP contribution in [0.1, 0.15) is 94.4 Å². The van der Waals surface area contributed by atoms with Gasteiger partial charge in [-0.3, -0.25) is 19.2 Å². The van der Waals surface area contributed by atoms with Gasteiger partial charge in [0, 0.05) is 6.54 Å². The lowest BCUT2D eigenvalue weighted by atomic mass is 9.98. The fourth-order valence-electron chi connectivity index (χ4n) is 4.62. The van der Waals surface area contributed by atoms with Gasteiger partial charge in [0.05, 0.1) is 0 Å². The number of carbonyl (C=O) groups excluding carboxylic acids is 5. The van der Waals surface area contributed by atoms with E-state index < -0.39 is 53.6 Å². The monoisotopic (exact) mass is 553 g/mol. The molecule has 5 N–H and O–H groups in total. The summed E-state index contributed by atoms with van der Waals surface area (Å²) in [7, 11) is 0. The number of hydrogen-bond acceptors (Lipinski definition) is 6. The minimum Gasteiger partial charge on any atom is -0.444 e. The Kier molecular flexibility index (Phi) is 13.2. The lowest BCUT2D eigenvalue weighted by Crippen LogP contribution is -2.58. The van der Waals surface area contributed by atoms with Gasteiger partial charge in [-0.2, -0.15) is 0 Å². The first-order valence-corrected chi connectivity index (χ1v) is 14.1. The van der Waals surface area contributed by atoms with Crippen molar-refractivity contribution >= 4 is 29.7 Å². The number of nitrogens with one attached hydrogen (secondary N) is 3. The van der Waals surface area contributed by atoms with Crippen LogP contribution in [-0.4, -0.2) is 70.9 Å². The first-order valence-electron chi connectivity index (χ1n) is 14.1. The summed E-state index contributed by atoms with van der Waals surface area (Å²) in [6.07, 6.45) is 1.48. The van der Waals surface area contributed by atoms with Gasteiger partial charge in [-0.05, 0) is 70.6 Å². The van der Waals surface area contributed by atoms with Crippen LogP contribution in [0.3, 0.4) is 0 Å². The number of ether oxygens (including phenoxy) is 1. The van der Waals surface area contributed by atoms with E-state index in [2.05, 4.69) is 16.0 Å². The van der Waals surface area contributed by atoms with Crippen molar-refractivity contribution in [1.82, 2.24) is 20.9 Å². The van der Waals surface area contributed by atoms with Crippen LogP contribution in [-0.2, 0) is 23.9 Å². The number of nitrogens with two attached hydrogens (primary N) is 1. The molecular weight excluding hydrogens is 502 g/mol. The van der Waals surface area contributed by atoms with Gasteiger partial charge in [0.1, 0.15) is 29.8 Å². The summed E-state index contributed by atoms with van der Waals surface area (Å²) in [6, 6.07) is -3.39. The summed E-state index contributed by atoms with van der Waals surface area (Å²) in [5, 5.41) is 8.26. The van der Waals surface area contributed by atoms with Crippen molar-refractivity contribution in [1.29, 1.82) is 0 Å². The number of amides is 5. The predicted octanol–water partition coefficient (Wildman–Crippen LogP) is 2.46. The van der Waals surface area contributed by atoms with Gasteiger partial charge < -0.3 is 31.3 Å². The SMILES string of the molecule is CC(C)CC(NC(=O)OC(C)(C)C)C(=O)NC(CC(C)C)C(=O)NC(CC(C)C)C(=O)N1CCCC1C(N)=O. The number of alkyl carbamates (subject to hydrolysis) is 1. The van der Waals surface area contributed by atoms with Crippen molar-refractivity contribution in [2.24, 2.45) is 23.5 Å². The van der Waals surface area contributed by atoms with E-state index in [0.29, 0.717) is 38.6 Å². The van der Waals surface area contributed by atoms with Crippen molar-refractivity contribution in [3.63, 3.8) is 0 Å². The second-order valence-corrected chi connectivity index (χ2v) is 12.8. The minimum absolute atomic E-state index is 0.0560. The maximum atomic E-state index is 13.5. The van der Waals surface area contributed by atoms with Crippen LogP contribution in [0.5, 0.6) is 0 Å². The molecule has 11 nitrogen and oxygen atoms in total. The third-order valence-corrected chi connectivity index (χ3v) is 6.24. The van der Waals surface area contributed by atoms with Crippen molar-refractivity contribution in [2.75, 3.05) is 6.54 Å². The van der Waals surface area contributed by atoms with Crippen LogP contribution in [0.2, 0.25) is 0 Å². The number of likely N-dealkylation sites (tertiary alicyclic amines) is 1. The summed E-state index contributed by atoms with van der Waals surface area (Å²) < 4.78 is 5.32. The molecule has 1 heterocycles. The van der Waals surface area contributed by atoms with Crippen LogP contribution in [0.25, 0.3) is 0 Å². The highest BCUT2D eigenvalue weighted by Gasteiger charge is 2.38. The Labute approximate surface area is 233 Å². The first kappa shape index (κ1) is 34.2. The molecule has 0 spiro atoms. The number of rotatable bonds is 13. The molecule has 4 unspecified atom stereocenters. The van der Waals surface area contributed by atoms with Crippen LogP contribution >= 0.6 is 0 Å². The Morgan fingerprint density at radius 2 is 1.23 bits per heavy atom. The minimum atomic E-state index is -0.930. The average Bonchev–Trinajstić information content (AvgIpc) is 3.25. The summed E-state index contributed by atoms with van der Waals surface area (Å²) in [5.74, 6) is -1.69. The highest BCUT2D eigenvalue weighted by molar-refractivity contribution is 5.95. The molecule has 0 aliphatic carbocycles. The molecule has 0 aromatic carbocycles. The summed E-state index contributed by atoms with van der Waals surface area (Å²) in [5.41, 5.74) is 4.78. The number of nitrogens with zero attached hydrogens (tertiary/aromatic N) is 1. The van der Waals surface area contributed by atoms with E-state index in [9.17, 15) is 24.0 Å². The van der Waals surface area contributed by atoms with Crippen LogP contribution in [0.15, 0.2) is 0 Å². The van der Waals surface area contributed by atoms with Crippen molar-refractivity contribution in [3.05, 3.63) is 0 Å². The molecule has 1 aliphatic rings. The predicted molar refractivity (Wildman–Crippen MR) is 149 cm³/mol. The molecule has 4 atom stereocenters. The molecule has 0 aromatic rings. The van der Waals surface area contributed by atoms with Crippen LogP contribution in [0, 0.1) is 17.8 Å². The number of carbonyl (C=O) groups is 5. The molecule has 224 valence electrons. The normalized spacial score (nSPS) is 18.1. The lowest BCUT2D eigenvalue weighted by Gasteiger charge is -2.31. The summed E-state index contributed by atoms with van der Waals surface area (Å²) >= 11 is 0. The Balaban J connectivity index is 3.11. The molecule has 39 heavy (non-hydrogen) atoms. The quantitative estimate of drug-likeness (QED) is 0.274. The van der Waals surface area contributed by atoms with Gasteiger partial charge in [0.15, 0.2) is 0 Å². The van der Waals surface area contributed by atoms with E-state index in [1.807, 2.05) is 41.5 Å². The Hall–Kier alpha value is -2.85. The standard InChI is InChI=1S/C28H51N5O6/c1-16(2)13-19(30-25(36)20(14-17(3)4)32-27(38)39-28(7,8)9)24(35)31-21(15-18(5)6)26(37)33-12-10-11-22(33)23(29)34/h16-22H,10-15H2,1-9H3,(H2,29,34)(H,30,36)(H,31,35)(H,32,38). The Morgan fingerprint density at radius 1 is 0.795 bits per heavy atom. The first-order chi connectivity index (χ1) is 17.9. The zero-order valence-corrected chi connectivity index (χ0v) is 25.3. The Bertz CT molecular complexity index is 867. The molecule has 1 rings (SSSR count). The van der Waals surface area contributed by atoms with E-state index in [4.69, 9.17) is 10.5 Å². The average molecular weight is 554 g/mol. The molecule has 5 amide bonds. The molecule has 0 aromatic heterocycles. The van der Waals surface area contributed by atoms with Gasteiger partial charge in [0.25, 0.3) is 0 Å². The van der Waals surface area contributed by atoms with Gasteiger partial charge in [0.2, 0.25) is 23.6 Å². The number of hydrogen-bond donors (Lipinski definition) is 4. The van der Waals surface area contributed by atoms with Crippen molar-refractivity contribution < 1.29 is 28.7 Å². The second kappa shape index (κ2) is 15.1. The third-order valence-electron chi connectivity index (χ3n) is 6.24. The molecule has 1 saturated heterocycles. The van der Waals surface area contributed by atoms with E-state index in [0.717, 1.165) is 0 Å². The second-order valence-electron chi connectivity index (χ2n) is 12.8. The molecule has 1 fully saturated rings. The molecule has 11 heteroatoms. The highest BCUT2D eigenvalue weighted by Crippen LogP contribution is 2.20. The molecular formula is C28H51N5O6. The third kappa shape index (κ3) is 12.3.